The second-order valence-electron chi connectivity index (χ2n) is 6.72. The highest BCUT2D eigenvalue weighted by atomic mass is 16.5. The van der Waals surface area contributed by atoms with Gasteiger partial charge in [-0.1, -0.05) is 0 Å². The first-order valence-electron chi connectivity index (χ1n) is 8.66. The number of nitrogens with zero attached hydrogens (tertiary/aromatic N) is 5. The molecule has 0 aromatic carbocycles. The van der Waals surface area contributed by atoms with E-state index in [0.717, 1.165) is 46.5 Å². The lowest BCUT2D eigenvalue weighted by molar-refractivity contribution is 0.0327. The molecule has 26 heavy (non-hydrogen) atoms. The van der Waals surface area contributed by atoms with E-state index in [2.05, 4.69) is 30.4 Å². The van der Waals surface area contributed by atoms with E-state index >= 15 is 0 Å². The minimum atomic E-state index is 0.348. The van der Waals surface area contributed by atoms with Crippen LogP contribution in [0.2, 0.25) is 0 Å². The molecule has 0 aliphatic heterocycles. The van der Waals surface area contributed by atoms with Gasteiger partial charge < -0.3 is 15.0 Å². The zero-order valence-electron chi connectivity index (χ0n) is 14.6. The fourth-order valence-corrected chi connectivity index (χ4v) is 3.38. The van der Waals surface area contributed by atoms with E-state index in [9.17, 15) is 0 Å². The molecule has 1 aliphatic rings. The van der Waals surface area contributed by atoms with E-state index in [0.29, 0.717) is 18.1 Å². The molecule has 1 saturated carbocycles. The van der Waals surface area contributed by atoms with Crippen LogP contribution in [-0.2, 0) is 4.74 Å². The van der Waals surface area contributed by atoms with Crippen molar-refractivity contribution in [2.24, 2.45) is 0 Å². The van der Waals surface area contributed by atoms with E-state index in [4.69, 9.17) is 4.74 Å². The summed E-state index contributed by atoms with van der Waals surface area (Å²) < 4.78 is 7.15. The second kappa shape index (κ2) is 5.77. The molecule has 8 heteroatoms. The van der Waals surface area contributed by atoms with Crippen LogP contribution in [0.1, 0.15) is 18.5 Å². The highest BCUT2D eigenvalue weighted by Crippen LogP contribution is 2.28. The van der Waals surface area contributed by atoms with Gasteiger partial charge >= 0.3 is 0 Å². The number of rotatable bonds is 4. The molecule has 4 aromatic rings. The van der Waals surface area contributed by atoms with Gasteiger partial charge in [-0.2, -0.15) is 10.1 Å². The molecular weight excluding hydrogens is 330 g/mol. The van der Waals surface area contributed by atoms with E-state index < -0.39 is 0 Å². The molecule has 0 spiro atoms. The Morgan fingerprint density at radius 3 is 2.96 bits per heavy atom. The van der Waals surface area contributed by atoms with Gasteiger partial charge in [0, 0.05) is 36.5 Å². The van der Waals surface area contributed by atoms with Crippen LogP contribution in [0.15, 0.2) is 30.7 Å². The van der Waals surface area contributed by atoms with Gasteiger partial charge in [-0.05, 0) is 31.9 Å². The van der Waals surface area contributed by atoms with Crippen molar-refractivity contribution >= 4 is 22.6 Å². The molecule has 1 fully saturated rings. The molecule has 8 nitrogen and oxygen atoms in total. The molecule has 0 amide bonds. The fourth-order valence-electron chi connectivity index (χ4n) is 3.38. The first kappa shape index (κ1) is 15.3. The minimum absolute atomic E-state index is 0.348. The molecule has 5 rings (SSSR count). The molecule has 0 radical (unpaired) electrons. The molecule has 0 saturated heterocycles. The summed E-state index contributed by atoms with van der Waals surface area (Å²) >= 11 is 0. The predicted molar refractivity (Wildman–Crippen MR) is 98.0 cm³/mol. The van der Waals surface area contributed by atoms with Crippen LogP contribution in [0.4, 0.5) is 5.95 Å². The number of fused-ring (bicyclic) bond motifs is 2. The van der Waals surface area contributed by atoms with E-state index in [1.165, 1.54) is 0 Å². The summed E-state index contributed by atoms with van der Waals surface area (Å²) in [6.07, 6.45) is 7.91. The number of aryl methyl sites for hydroxylation is 1. The van der Waals surface area contributed by atoms with Crippen molar-refractivity contribution in [2.75, 3.05) is 12.4 Å². The second-order valence-corrected chi connectivity index (χ2v) is 6.72. The number of aromatic nitrogens is 6. The Bertz CT molecular complexity index is 1090. The Hall–Kier alpha value is -3.00. The van der Waals surface area contributed by atoms with Crippen molar-refractivity contribution in [3.63, 3.8) is 0 Å². The van der Waals surface area contributed by atoms with Crippen LogP contribution in [0.5, 0.6) is 0 Å². The quantitative estimate of drug-likeness (QED) is 0.588. The maximum atomic E-state index is 5.31. The molecule has 1 aliphatic carbocycles. The average molecular weight is 349 g/mol. The molecule has 2 N–H and O–H groups in total. The van der Waals surface area contributed by atoms with E-state index in [-0.39, 0.29) is 0 Å². The van der Waals surface area contributed by atoms with Gasteiger partial charge in [0.15, 0.2) is 5.65 Å². The predicted octanol–water partition coefficient (Wildman–Crippen LogP) is 2.57. The van der Waals surface area contributed by atoms with Crippen molar-refractivity contribution in [3.05, 3.63) is 36.4 Å². The third-order valence-corrected chi connectivity index (χ3v) is 5.00. The van der Waals surface area contributed by atoms with E-state index in [1.807, 2.05) is 42.2 Å². The van der Waals surface area contributed by atoms with Crippen molar-refractivity contribution < 1.29 is 4.74 Å². The van der Waals surface area contributed by atoms with Crippen molar-refractivity contribution in [1.29, 1.82) is 0 Å². The van der Waals surface area contributed by atoms with Gasteiger partial charge in [-0.3, -0.25) is 0 Å². The highest BCUT2D eigenvalue weighted by Gasteiger charge is 2.29. The number of H-pyrrole nitrogens is 1. The summed E-state index contributed by atoms with van der Waals surface area (Å²) in [6.45, 7) is 1.99. The van der Waals surface area contributed by atoms with Crippen LogP contribution >= 0.6 is 0 Å². The van der Waals surface area contributed by atoms with Crippen LogP contribution in [0, 0.1) is 6.92 Å². The Labute approximate surface area is 149 Å². The smallest absolute Gasteiger partial charge is 0.224 e. The van der Waals surface area contributed by atoms with Crippen molar-refractivity contribution in [3.8, 4) is 11.3 Å². The van der Waals surface area contributed by atoms with Crippen LogP contribution < -0.4 is 5.32 Å². The first-order chi connectivity index (χ1) is 12.7. The number of hydrogen-bond donors (Lipinski definition) is 2. The lowest BCUT2D eigenvalue weighted by atomic mass is 9.89. The molecule has 132 valence electrons. The summed E-state index contributed by atoms with van der Waals surface area (Å²) in [5, 5.41) is 9.00. The lowest BCUT2D eigenvalue weighted by Gasteiger charge is -2.34. The highest BCUT2D eigenvalue weighted by molar-refractivity contribution is 5.92. The summed E-state index contributed by atoms with van der Waals surface area (Å²) in [4.78, 5) is 16.6. The SMILES string of the molecule is COC1CC(Nc2ncc3c(-c4ccc5ncc(C)n5n4)c[nH]c3n2)C1. The summed E-state index contributed by atoms with van der Waals surface area (Å²) in [5.74, 6) is 0.638. The Kier molecular flexibility index (Phi) is 3.39. The third-order valence-electron chi connectivity index (χ3n) is 5.00. The molecule has 0 bridgehead atoms. The van der Waals surface area contributed by atoms with Gasteiger partial charge in [-0.15, -0.1) is 0 Å². The molecule has 0 atom stereocenters. The van der Waals surface area contributed by atoms with E-state index in [1.54, 1.807) is 7.11 Å². The maximum absolute atomic E-state index is 5.31. The largest absolute Gasteiger partial charge is 0.381 e. The van der Waals surface area contributed by atoms with Crippen molar-refractivity contribution in [1.82, 2.24) is 29.5 Å². The van der Waals surface area contributed by atoms with Gasteiger partial charge in [-0.25, -0.2) is 14.5 Å². The molecule has 4 aromatic heterocycles. The number of hydrogen-bond acceptors (Lipinski definition) is 6. The van der Waals surface area contributed by atoms with Crippen LogP contribution in [0.3, 0.4) is 0 Å². The third kappa shape index (κ3) is 2.41. The number of imidazole rings is 1. The van der Waals surface area contributed by atoms with Gasteiger partial charge in [0.25, 0.3) is 0 Å². The van der Waals surface area contributed by atoms with Gasteiger partial charge in [0.05, 0.1) is 23.7 Å². The minimum Gasteiger partial charge on any atom is -0.381 e. The monoisotopic (exact) mass is 349 g/mol. The fraction of sp³-hybridized carbons (Fsp3) is 0.333. The number of methoxy groups -OCH3 is 1. The molecule has 4 heterocycles. The van der Waals surface area contributed by atoms with Crippen LogP contribution in [-0.4, -0.2) is 48.8 Å². The number of anilines is 1. The molecular formula is C18H19N7O. The number of aromatic amines is 1. The summed E-state index contributed by atoms with van der Waals surface area (Å²) in [7, 11) is 1.75. The Balaban J connectivity index is 1.46. The molecule has 0 unspecified atom stereocenters. The maximum Gasteiger partial charge on any atom is 0.224 e. The standard InChI is InChI=1S/C18H19N7O/c1-10-7-19-16-4-3-15(24-25(10)16)13-8-20-17-14(13)9-21-18(23-17)22-11-5-12(6-11)26-2/h3-4,7-9,11-12H,5-6H2,1-2H3,(H2,20,21,22,23). The van der Waals surface area contributed by atoms with Crippen molar-refractivity contribution in [2.45, 2.75) is 31.9 Å². The van der Waals surface area contributed by atoms with Gasteiger partial charge in [0.2, 0.25) is 5.95 Å². The van der Waals surface area contributed by atoms with Crippen LogP contribution in [0.25, 0.3) is 27.9 Å². The normalized spacial score (nSPS) is 19.8. The first-order valence-corrected chi connectivity index (χ1v) is 8.66. The Morgan fingerprint density at radius 1 is 1.23 bits per heavy atom. The number of ether oxygens (including phenoxy) is 1. The zero-order valence-corrected chi connectivity index (χ0v) is 14.6. The summed E-state index contributed by atoms with van der Waals surface area (Å²) in [5.41, 5.74) is 4.47. The van der Waals surface area contributed by atoms with Gasteiger partial charge in [0.1, 0.15) is 5.65 Å². The number of nitrogens with one attached hydrogen (secondary N) is 2. The zero-order chi connectivity index (χ0) is 17.7. The summed E-state index contributed by atoms with van der Waals surface area (Å²) in [6, 6.07) is 4.31. The average Bonchev–Trinajstić information content (AvgIpc) is 3.21. The Morgan fingerprint density at radius 2 is 2.12 bits per heavy atom. The lowest BCUT2D eigenvalue weighted by Crippen LogP contribution is -2.40. The topological polar surface area (TPSA) is 93.0 Å².